The molecule has 1 aromatic carbocycles. The number of ketones is 1. The number of hydrogen-bond donors (Lipinski definition) is 0. The van der Waals surface area contributed by atoms with Crippen LogP contribution in [0.25, 0.3) is 0 Å². The average Bonchev–Trinajstić information content (AvgIpc) is 2.74. The summed E-state index contributed by atoms with van der Waals surface area (Å²) in [6, 6.07) is 8.72. The summed E-state index contributed by atoms with van der Waals surface area (Å²) in [5.74, 6) is 0.0401. The van der Waals surface area contributed by atoms with E-state index in [1.807, 2.05) is 19.9 Å². The first-order chi connectivity index (χ1) is 10.3. The van der Waals surface area contributed by atoms with Gasteiger partial charge in [0.1, 0.15) is 5.75 Å². The molecule has 0 fully saturated rings. The molecule has 0 bridgehead atoms. The van der Waals surface area contributed by atoms with Crippen LogP contribution >= 0.6 is 0 Å². The third kappa shape index (κ3) is 3.11. The summed E-state index contributed by atoms with van der Waals surface area (Å²) >= 11 is 0. The fourth-order valence-corrected chi connectivity index (χ4v) is 2.70. The molecule has 0 aliphatic rings. The minimum absolute atomic E-state index is 0.0154. The summed E-state index contributed by atoms with van der Waals surface area (Å²) in [6.45, 7) is 9.56. The van der Waals surface area contributed by atoms with Crippen LogP contribution in [0.4, 0.5) is 0 Å². The molecule has 0 saturated heterocycles. The molecule has 0 radical (unpaired) electrons. The molecular weight excluding hydrogens is 278 g/mol. The van der Waals surface area contributed by atoms with Crippen molar-refractivity contribution in [3.8, 4) is 5.75 Å². The van der Waals surface area contributed by atoms with Gasteiger partial charge < -0.3 is 9.30 Å². The largest absolute Gasteiger partial charge is 0.423 e. The Hall–Kier alpha value is -2.36. The molecular formula is C18H21NO3. The van der Waals surface area contributed by atoms with Crippen molar-refractivity contribution in [3.63, 3.8) is 0 Å². The van der Waals surface area contributed by atoms with Crippen LogP contribution in [0.5, 0.6) is 5.75 Å². The average molecular weight is 299 g/mol. The first kappa shape index (κ1) is 16.0. The molecule has 4 nitrogen and oxygen atoms in total. The SMILES string of the molecule is CC(=O)c1ccc(OC(=O)c2cc(C)n(C(C)C)c2C)cc1. The zero-order chi connectivity index (χ0) is 16.4. The summed E-state index contributed by atoms with van der Waals surface area (Å²) in [6.07, 6.45) is 0. The van der Waals surface area contributed by atoms with E-state index in [4.69, 9.17) is 4.74 Å². The second-order valence-electron chi connectivity index (χ2n) is 5.72. The molecule has 4 heteroatoms. The Balaban J connectivity index is 2.22. The van der Waals surface area contributed by atoms with Crippen molar-refractivity contribution >= 4 is 11.8 Å². The lowest BCUT2D eigenvalue weighted by Crippen LogP contribution is -2.11. The van der Waals surface area contributed by atoms with E-state index in [-0.39, 0.29) is 17.8 Å². The minimum atomic E-state index is -0.379. The Morgan fingerprint density at radius 2 is 1.68 bits per heavy atom. The number of hydrogen-bond acceptors (Lipinski definition) is 3. The van der Waals surface area contributed by atoms with Crippen LogP contribution in [0.1, 0.15) is 58.9 Å². The molecule has 0 atom stereocenters. The Morgan fingerprint density at radius 1 is 1.09 bits per heavy atom. The van der Waals surface area contributed by atoms with Crippen molar-refractivity contribution in [3.05, 3.63) is 52.8 Å². The van der Waals surface area contributed by atoms with Crippen molar-refractivity contribution in [2.75, 3.05) is 0 Å². The highest BCUT2D eigenvalue weighted by Gasteiger charge is 2.18. The predicted octanol–water partition coefficient (Wildman–Crippen LogP) is 4.11. The molecule has 0 aliphatic heterocycles. The molecule has 0 aliphatic carbocycles. The monoisotopic (exact) mass is 299 g/mol. The third-order valence-corrected chi connectivity index (χ3v) is 3.69. The van der Waals surface area contributed by atoms with E-state index in [1.54, 1.807) is 24.3 Å². The van der Waals surface area contributed by atoms with Gasteiger partial charge in [0.15, 0.2) is 5.78 Å². The molecule has 0 N–H and O–H groups in total. The Morgan fingerprint density at radius 3 is 2.14 bits per heavy atom. The third-order valence-electron chi connectivity index (χ3n) is 3.69. The first-order valence-electron chi connectivity index (χ1n) is 7.33. The maximum atomic E-state index is 12.3. The van der Waals surface area contributed by atoms with Gasteiger partial charge in [-0.2, -0.15) is 0 Å². The van der Waals surface area contributed by atoms with Gasteiger partial charge in [-0.05, 0) is 65.0 Å². The van der Waals surface area contributed by atoms with Crippen molar-refractivity contribution in [2.24, 2.45) is 0 Å². The second kappa shape index (κ2) is 6.18. The smallest absolute Gasteiger partial charge is 0.345 e. The van der Waals surface area contributed by atoms with E-state index < -0.39 is 0 Å². The van der Waals surface area contributed by atoms with E-state index in [0.29, 0.717) is 16.9 Å². The normalized spacial score (nSPS) is 10.8. The quantitative estimate of drug-likeness (QED) is 0.485. The van der Waals surface area contributed by atoms with Gasteiger partial charge in [0.2, 0.25) is 0 Å². The molecule has 22 heavy (non-hydrogen) atoms. The molecule has 0 unspecified atom stereocenters. The number of rotatable bonds is 4. The standard InChI is InChI=1S/C18H21NO3/c1-11(2)19-12(3)10-17(13(19)4)18(21)22-16-8-6-15(7-9-16)14(5)20/h6-11H,1-5H3. The van der Waals surface area contributed by atoms with Gasteiger partial charge in [0, 0.05) is 23.0 Å². The summed E-state index contributed by atoms with van der Waals surface area (Å²) in [5.41, 5.74) is 3.10. The van der Waals surface area contributed by atoms with Crippen LogP contribution in [0, 0.1) is 13.8 Å². The minimum Gasteiger partial charge on any atom is -0.423 e. The van der Waals surface area contributed by atoms with Gasteiger partial charge in [-0.15, -0.1) is 0 Å². The van der Waals surface area contributed by atoms with Crippen LogP contribution in [-0.2, 0) is 0 Å². The summed E-state index contributed by atoms with van der Waals surface area (Å²) in [5, 5.41) is 0. The van der Waals surface area contributed by atoms with Crippen LogP contribution in [0.2, 0.25) is 0 Å². The van der Waals surface area contributed by atoms with E-state index in [9.17, 15) is 9.59 Å². The number of ether oxygens (including phenoxy) is 1. The number of Topliss-reactive ketones (excluding diaryl/α,β-unsaturated/α-hetero) is 1. The van der Waals surface area contributed by atoms with Crippen LogP contribution < -0.4 is 4.74 Å². The van der Waals surface area contributed by atoms with Crippen molar-refractivity contribution < 1.29 is 14.3 Å². The second-order valence-corrected chi connectivity index (χ2v) is 5.72. The number of aryl methyl sites for hydroxylation is 1. The van der Waals surface area contributed by atoms with E-state index >= 15 is 0 Å². The number of esters is 1. The summed E-state index contributed by atoms with van der Waals surface area (Å²) in [4.78, 5) is 23.6. The van der Waals surface area contributed by atoms with Gasteiger partial charge >= 0.3 is 5.97 Å². The van der Waals surface area contributed by atoms with Crippen LogP contribution in [-0.4, -0.2) is 16.3 Å². The Kier molecular flexibility index (Phi) is 4.50. The van der Waals surface area contributed by atoms with Crippen molar-refractivity contribution in [1.29, 1.82) is 0 Å². The highest BCUT2D eigenvalue weighted by Crippen LogP contribution is 2.22. The predicted molar refractivity (Wildman–Crippen MR) is 85.7 cm³/mol. The van der Waals surface area contributed by atoms with E-state index in [0.717, 1.165) is 11.4 Å². The maximum absolute atomic E-state index is 12.3. The van der Waals surface area contributed by atoms with Crippen molar-refractivity contribution in [1.82, 2.24) is 4.57 Å². The lowest BCUT2D eigenvalue weighted by molar-refractivity contribution is 0.0734. The maximum Gasteiger partial charge on any atom is 0.345 e. The van der Waals surface area contributed by atoms with Gasteiger partial charge in [-0.3, -0.25) is 4.79 Å². The van der Waals surface area contributed by atoms with Gasteiger partial charge in [-0.25, -0.2) is 4.79 Å². The van der Waals surface area contributed by atoms with Gasteiger partial charge in [-0.1, -0.05) is 0 Å². The molecule has 1 aromatic heterocycles. The Bertz CT molecular complexity index is 709. The van der Waals surface area contributed by atoms with E-state index in [2.05, 4.69) is 18.4 Å². The highest BCUT2D eigenvalue weighted by molar-refractivity contribution is 5.95. The molecule has 1 heterocycles. The first-order valence-corrected chi connectivity index (χ1v) is 7.33. The number of carbonyl (C=O) groups excluding carboxylic acids is 2. The van der Waals surface area contributed by atoms with Crippen molar-refractivity contribution in [2.45, 2.75) is 40.7 Å². The molecule has 0 spiro atoms. The van der Waals surface area contributed by atoms with E-state index in [1.165, 1.54) is 6.92 Å². The molecule has 0 amide bonds. The number of benzene rings is 1. The fraction of sp³-hybridized carbons (Fsp3) is 0.333. The Labute approximate surface area is 130 Å². The molecule has 2 rings (SSSR count). The number of aromatic nitrogens is 1. The van der Waals surface area contributed by atoms with Crippen LogP contribution in [0.15, 0.2) is 30.3 Å². The number of nitrogens with zero attached hydrogens (tertiary/aromatic N) is 1. The van der Waals surface area contributed by atoms with Gasteiger partial charge in [0.25, 0.3) is 0 Å². The zero-order valence-corrected chi connectivity index (χ0v) is 13.6. The fourth-order valence-electron chi connectivity index (χ4n) is 2.70. The lowest BCUT2D eigenvalue weighted by atomic mass is 10.1. The zero-order valence-electron chi connectivity index (χ0n) is 13.6. The summed E-state index contributed by atoms with van der Waals surface area (Å²) in [7, 11) is 0. The highest BCUT2D eigenvalue weighted by atomic mass is 16.5. The summed E-state index contributed by atoms with van der Waals surface area (Å²) < 4.78 is 7.51. The molecule has 0 saturated carbocycles. The molecule has 116 valence electrons. The van der Waals surface area contributed by atoms with Crippen LogP contribution in [0.3, 0.4) is 0 Å². The lowest BCUT2D eigenvalue weighted by Gasteiger charge is -2.13. The van der Waals surface area contributed by atoms with Gasteiger partial charge in [0.05, 0.1) is 5.56 Å². The molecule has 2 aromatic rings. The number of carbonyl (C=O) groups is 2. The topological polar surface area (TPSA) is 48.3 Å².